The van der Waals surface area contributed by atoms with Crippen molar-refractivity contribution < 1.29 is 5.11 Å². The van der Waals surface area contributed by atoms with Crippen LogP contribution in [0.2, 0.25) is 0 Å². The molecular weight excluding hydrogens is 350 g/mol. The van der Waals surface area contributed by atoms with E-state index >= 15 is 0 Å². The largest absolute Gasteiger partial charge is 0.382 e. The van der Waals surface area contributed by atoms with E-state index in [1.54, 1.807) is 11.7 Å². The van der Waals surface area contributed by atoms with Crippen LogP contribution in [-0.2, 0) is 7.05 Å². The van der Waals surface area contributed by atoms with Crippen LogP contribution in [-0.4, -0.2) is 20.1 Å². The maximum Gasteiger partial charge on any atom is 0.154 e. The van der Waals surface area contributed by atoms with Gasteiger partial charge in [-0.1, -0.05) is 33.3 Å². The quantitative estimate of drug-likeness (QED) is 0.895. The Morgan fingerprint density at radius 1 is 1.35 bits per heavy atom. The van der Waals surface area contributed by atoms with Gasteiger partial charge in [-0.05, 0) is 40.0 Å². The Kier molecular flexibility index (Phi) is 3.65. The monoisotopic (exact) mass is 359 g/mol. The Hall–Kier alpha value is -0.720. The summed E-state index contributed by atoms with van der Waals surface area (Å²) in [6.45, 7) is 1.96. The molecule has 1 atom stereocenters. The molecule has 0 aliphatic carbocycles. The van der Waals surface area contributed by atoms with E-state index in [0.29, 0.717) is 10.3 Å². The summed E-state index contributed by atoms with van der Waals surface area (Å²) in [6.07, 6.45) is -0.748. The van der Waals surface area contributed by atoms with Crippen molar-refractivity contribution in [2.75, 3.05) is 0 Å². The summed E-state index contributed by atoms with van der Waals surface area (Å²) < 4.78 is 3.10. The third kappa shape index (κ3) is 2.29. The average Bonchev–Trinajstić information content (AvgIpc) is 2.62. The number of benzene rings is 1. The molecule has 1 aromatic carbocycles. The van der Waals surface area contributed by atoms with Crippen LogP contribution in [0.1, 0.15) is 22.9 Å². The molecule has 0 saturated heterocycles. The van der Waals surface area contributed by atoms with Gasteiger partial charge in [-0.25, -0.2) is 4.68 Å². The fourth-order valence-electron chi connectivity index (χ4n) is 1.70. The van der Waals surface area contributed by atoms with Crippen LogP contribution in [0.3, 0.4) is 0 Å². The Morgan fingerprint density at radius 2 is 2.06 bits per heavy atom. The van der Waals surface area contributed by atoms with Crippen molar-refractivity contribution >= 4 is 31.9 Å². The van der Waals surface area contributed by atoms with Gasteiger partial charge in [-0.2, -0.15) is 0 Å². The number of aliphatic hydroxyl groups is 1. The highest BCUT2D eigenvalue weighted by Crippen LogP contribution is 2.31. The maximum absolute atomic E-state index is 10.4. The molecule has 0 amide bonds. The highest BCUT2D eigenvalue weighted by Gasteiger charge is 2.21. The van der Waals surface area contributed by atoms with E-state index in [9.17, 15) is 5.11 Å². The number of hydrogen-bond acceptors (Lipinski definition) is 3. The van der Waals surface area contributed by atoms with Crippen LogP contribution in [0.5, 0.6) is 0 Å². The number of hydrogen-bond donors (Lipinski definition) is 1. The average molecular weight is 361 g/mol. The summed E-state index contributed by atoms with van der Waals surface area (Å²) in [6, 6.07) is 5.74. The van der Waals surface area contributed by atoms with Crippen molar-refractivity contribution in [3.63, 3.8) is 0 Å². The minimum atomic E-state index is -0.748. The molecule has 2 rings (SSSR count). The van der Waals surface area contributed by atoms with Gasteiger partial charge in [-0.15, -0.1) is 5.10 Å². The smallest absolute Gasteiger partial charge is 0.154 e. The lowest BCUT2D eigenvalue weighted by atomic mass is 10.0. The van der Waals surface area contributed by atoms with Crippen molar-refractivity contribution in [1.29, 1.82) is 0 Å². The minimum Gasteiger partial charge on any atom is -0.382 e. The van der Waals surface area contributed by atoms with Gasteiger partial charge in [0.15, 0.2) is 4.60 Å². The molecule has 1 aromatic heterocycles. The molecule has 0 aliphatic rings. The second kappa shape index (κ2) is 4.88. The lowest BCUT2D eigenvalue weighted by molar-refractivity contribution is 0.208. The Labute approximate surface area is 116 Å². The third-order valence-corrected chi connectivity index (χ3v) is 4.11. The maximum atomic E-state index is 10.4. The van der Waals surface area contributed by atoms with Crippen LogP contribution < -0.4 is 0 Å². The number of aliphatic hydroxyl groups excluding tert-OH is 1. The SMILES string of the molecule is Cc1c(Br)cccc1C(O)c1c(Br)nnn1C. The van der Waals surface area contributed by atoms with Crippen LogP contribution in [0.15, 0.2) is 27.3 Å². The summed E-state index contributed by atoms with van der Waals surface area (Å²) in [5, 5.41) is 18.1. The second-order valence-corrected chi connectivity index (χ2v) is 5.35. The van der Waals surface area contributed by atoms with Crippen molar-refractivity contribution in [1.82, 2.24) is 15.0 Å². The molecule has 0 aliphatic heterocycles. The highest BCUT2D eigenvalue weighted by molar-refractivity contribution is 9.10. The standard InChI is InChI=1S/C11H11Br2N3O/c1-6-7(4-3-5-8(6)12)10(17)9-11(13)14-15-16(9)2/h3-5,10,17H,1-2H3. The first-order valence-corrected chi connectivity index (χ1v) is 6.59. The van der Waals surface area contributed by atoms with Gasteiger partial charge >= 0.3 is 0 Å². The van der Waals surface area contributed by atoms with Crippen molar-refractivity contribution in [3.8, 4) is 0 Å². The summed E-state index contributed by atoms with van der Waals surface area (Å²) in [4.78, 5) is 0. The summed E-state index contributed by atoms with van der Waals surface area (Å²) in [7, 11) is 1.75. The normalized spacial score (nSPS) is 12.8. The third-order valence-electron chi connectivity index (χ3n) is 2.69. The van der Waals surface area contributed by atoms with E-state index in [1.807, 2.05) is 25.1 Å². The Balaban J connectivity index is 2.51. The van der Waals surface area contributed by atoms with Crippen molar-refractivity contribution in [2.24, 2.45) is 7.05 Å². The summed E-state index contributed by atoms with van der Waals surface area (Å²) in [5.41, 5.74) is 2.49. The number of nitrogens with zero attached hydrogens (tertiary/aromatic N) is 3. The van der Waals surface area contributed by atoms with Crippen molar-refractivity contribution in [3.05, 3.63) is 44.1 Å². The molecule has 0 saturated carbocycles. The van der Waals surface area contributed by atoms with E-state index in [2.05, 4.69) is 42.2 Å². The zero-order chi connectivity index (χ0) is 12.6. The second-order valence-electron chi connectivity index (χ2n) is 3.75. The number of halogens is 2. The molecule has 4 nitrogen and oxygen atoms in total. The first-order chi connectivity index (χ1) is 8.02. The van der Waals surface area contributed by atoms with E-state index in [4.69, 9.17) is 0 Å². The molecule has 0 radical (unpaired) electrons. The summed E-state index contributed by atoms with van der Waals surface area (Å²) >= 11 is 6.75. The molecule has 0 spiro atoms. The molecule has 6 heteroatoms. The Bertz CT molecular complexity index is 534. The van der Waals surface area contributed by atoms with Gasteiger partial charge in [0, 0.05) is 11.5 Å². The van der Waals surface area contributed by atoms with Crippen LogP contribution in [0.25, 0.3) is 0 Å². The molecule has 0 fully saturated rings. The number of aromatic nitrogens is 3. The molecule has 2 aromatic rings. The number of rotatable bonds is 2. The van der Waals surface area contributed by atoms with Crippen LogP contribution >= 0.6 is 31.9 Å². The van der Waals surface area contributed by atoms with Crippen molar-refractivity contribution in [2.45, 2.75) is 13.0 Å². The van der Waals surface area contributed by atoms with Gasteiger partial charge in [0.2, 0.25) is 0 Å². The van der Waals surface area contributed by atoms with Gasteiger partial charge in [0.1, 0.15) is 11.8 Å². The first-order valence-electron chi connectivity index (χ1n) is 5.00. The fourth-order valence-corrected chi connectivity index (χ4v) is 2.62. The molecule has 1 heterocycles. The molecule has 90 valence electrons. The molecule has 1 N–H and O–H groups in total. The Morgan fingerprint density at radius 3 is 2.65 bits per heavy atom. The molecule has 17 heavy (non-hydrogen) atoms. The van der Waals surface area contributed by atoms with Gasteiger partial charge in [-0.3, -0.25) is 0 Å². The first kappa shape index (κ1) is 12.7. The van der Waals surface area contributed by atoms with E-state index < -0.39 is 6.10 Å². The molecular formula is C11H11Br2N3O. The zero-order valence-electron chi connectivity index (χ0n) is 9.35. The van der Waals surface area contributed by atoms with Gasteiger partial charge < -0.3 is 5.11 Å². The lowest BCUT2D eigenvalue weighted by Gasteiger charge is -2.14. The summed E-state index contributed by atoms with van der Waals surface area (Å²) in [5.74, 6) is 0. The van der Waals surface area contributed by atoms with Crippen LogP contribution in [0.4, 0.5) is 0 Å². The van der Waals surface area contributed by atoms with Crippen LogP contribution in [0, 0.1) is 6.92 Å². The fraction of sp³-hybridized carbons (Fsp3) is 0.273. The van der Waals surface area contributed by atoms with E-state index in [-0.39, 0.29) is 0 Å². The number of aryl methyl sites for hydroxylation is 1. The zero-order valence-corrected chi connectivity index (χ0v) is 12.5. The topological polar surface area (TPSA) is 50.9 Å². The van der Waals surface area contributed by atoms with Gasteiger partial charge in [0.25, 0.3) is 0 Å². The molecule has 0 bridgehead atoms. The predicted octanol–water partition coefficient (Wildman–Crippen LogP) is 2.73. The van der Waals surface area contributed by atoms with Gasteiger partial charge in [0.05, 0.1) is 0 Å². The lowest BCUT2D eigenvalue weighted by Crippen LogP contribution is -2.08. The van der Waals surface area contributed by atoms with E-state index in [1.165, 1.54) is 0 Å². The highest BCUT2D eigenvalue weighted by atomic mass is 79.9. The van der Waals surface area contributed by atoms with E-state index in [0.717, 1.165) is 15.6 Å². The predicted molar refractivity (Wildman–Crippen MR) is 71.6 cm³/mol. The minimum absolute atomic E-state index is 0.562. The molecule has 1 unspecified atom stereocenters.